The van der Waals surface area contributed by atoms with Crippen molar-refractivity contribution in [3.63, 3.8) is 0 Å². The number of phenolic OH excluding ortho intramolecular Hbond substituents is 1. The van der Waals surface area contributed by atoms with Crippen LogP contribution in [0.4, 0.5) is 0 Å². The summed E-state index contributed by atoms with van der Waals surface area (Å²) in [6.45, 7) is 10.2. The van der Waals surface area contributed by atoms with E-state index in [1.54, 1.807) is 18.2 Å². The van der Waals surface area contributed by atoms with E-state index >= 15 is 0 Å². The average Bonchev–Trinajstić information content (AvgIpc) is 2.53. The molecule has 2 aliphatic rings. The van der Waals surface area contributed by atoms with Gasteiger partial charge in [0.25, 0.3) is 0 Å². The van der Waals surface area contributed by atoms with Gasteiger partial charge in [0.1, 0.15) is 11.4 Å². The molecule has 0 saturated carbocycles. The molecule has 0 heterocycles. The van der Waals surface area contributed by atoms with Gasteiger partial charge in [-0.3, -0.25) is 4.79 Å². The lowest BCUT2D eigenvalue weighted by molar-refractivity contribution is -0.111. The molecule has 3 nitrogen and oxygen atoms in total. The molecule has 0 fully saturated rings. The smallest absolute Gasteiger partial charge is 0.182 e. The molecule has 1 aromatic rings. The lowest BCUT2D eigenvalue weighted by Gasteiger charge is -2.44. The van der Waals surface area contributed by atoms with Crippen LogP contribution in [0.1, 0.15) is 37.0 Å². The van der Waals surface area contributed by atoms with Gasteiger partial charge in [0.05, 0.1) is 0 Å². The molecule has 0 amide bonds. The second-order valence-electron chi connectivity index (χ2n) is 6.16. The third-order valence-corrected chi connectivity index (χ3v) is 5.10. The van der Waals surface area contributed by atoms with Gasteiger partial charge in [-0.15, -0.1) is 0 Å². The largest absolute Gasteiger partial charge is 0.508 e. The van der Waals surface area contributed by atoms with Crippen molar-refractivity contribution in [2.24, 2.45) is 0 Å². The molecule has 1 N–H and O–H groups in total. The summed E-state index contributed by atoms with van der Waals surface area (Å²) in [4.78, 5) is 12.4. The summed E-state index contributed by atoms with van der Waals surface area (Å²) in [5.74, 6) is 0.301. The zero-order valence-electron chi connectivity index (χ0n) is 13.9. The van der Waals surface area contributed by atoms with Gasteiger partial charge in [0.15, 0.2) is 5.78 Å². The Morgan fingerprint density at radius 1 is 1.39 bits per heavy atom. The van der Waals surface area contributed by atoms with Crippen LogP contribution in [0.25, 0.3) is 5.57 Å². The predicted octanol–water partition coefficient (Wildman–Crippen LogP) is 3.89. The molecule has 23 heavy (non-hydrogen) atoms. The van der Waals surface area contributed by atoms with Gasteiger partial charge in [-0.2, -0.15) is 0 Å². The third-order valence-electron chi connectivity index (χ3n) is 5.10. The van der Waals surface area contributed by atoms with Gasteiger partial charge in [-0.1, -0.05) is 18.7 Å². The molecule has 1 atom stereocenters. The van der Waals surface area contributed by atoms with Crippen LogP contribution in [0, 0.1) is 6.92 Å². The summed E-state index contributed by atoms with van der Waals surface area (Å²) in [6.07, 6.45) is 5.00. The molecular formula is C20H22O3. The van der Waals surface area contributed by atoms with E-state index in [0.29, 0.717) is 17.9 Å². The van der Waals surface area contributed by atoms with E-state index in [9.17, 15) is 9.90 Å². The Bertz CT molecular complexity index is 767. The van der Waals surface area contributed by atoms with Crippen LogP contribution >= 0.6 is 0 Å². The van der Waals surface area contributed by atoms with Crippen molar-refractivity contribution in [3.8, 4) is 5.75 Å². The summed E-state index contributed by atoms with van der Waals surface area (Å²) in [5, 5.41) is 9.99. The first-order valence-electron chi connectivity index (χ1n) is 8.02. The Hall–Kier alpha value is -2.13. The van der Waals surface area contributed by atoms with Gasteiger partial charge in [-0.05, 0) is 73.6 Å². The highest BCUT2D eigenvalue weighted by molar-refractivity contribution is 6.13. The zero-order valence-corrected chi connectivity index (χ0v) is 13.9. The van der Waals surface area contributed by atoms with Crippen LogP contribution < -0.4 is 0 Å². The van der Waals surface area contributed by atoms with Crippen LogP contribution in [-0.2, 0) is 16.0 Å². The molecule has 3 rings (SSSR count). The molecule has 0 spiro atoms. The Kier molecular flexibility index (Phi) is 3.77. The van der Waals surface area contributed by atoms with Crippen molar-refractivity contribution in [3.05, 3.63) is 58.7 Å². The van der Waals surface area contributed by atoms with E-state index in [2.05, 4.69) is 6.58 Å². The maximum Gasteiger partial charge on any atom is 0.182 e. The first-order valence-corrected chi connectivity index (χ1v) is 8.02. The SMILES string of the molecule is C=CC1=C(C)C(=O)C=C2c3ccc(O)c(C)c3CC[C@]21OCC. The fourth-order valence-corrected chi connectivity index (χ4v) is 3.91. The number of phenols is 1. The Labute approximate surface area is 137 Å². The third kappa shape index (κ3) is 2.11. The molecule has 0 saturated heterocycles. The predicted molar refractivity (Wildman–Crippen MR) is 91.4 cm³/mol. The van der Waals surface area contributed by atoms with E-state index in [-0.39, 0.29) is 5.78 Å². The molecule has 0 aliphatic heterocycles. The van der Waals surface area contributed by atoms with Crippen molar-refractivity contribution in [2.75, 3.05) is 6.61 Å². The first-order chi connectivity index (χ1) is 11.0. The van der Waals surface area contributed by atoms with Gasteiger partial charge in [-0.25, -0.2) is 0 Å². The van der Waals surface area contributed by atoms with Crippen molar-refractivity contribution in [2.45, 2.75) is 39.2 Å². The van der Waals surface area contributed by atoms with Gasteiger partial charge in [0.2, 0.25) is 0 Å². The van der Waals surface area contributed by atoms with E-state index in [4.69, 9.17) is 4.74 Å². The monoisotopic (exact) mass is 310 g/mol. The summed E-state index contributed by atoms with van der Waals surface area (Å²) >= 11 is 0. The van der Waals surface area contributed by atoms with Crippen LogP contribution in [0.5, 0.6) is 5.75 Å². The number of aromatic hydroxyl groups is 1. The fourth-order valence-electron chi connectivity index (χ4n) is 3.91. The topological polar surface area (TPSA) is 46.5 Å². The van der Waals surface area contributed by atoms with E-state index in [1.165, 1.54) is 0 Å². The van der Waals surface area contributed by atoms with E-state index in [0.717, 1.165) is 40.7 Å². The molecule has 120 valence electrons. The normalized spacial score (nSPS) is 23.3. The van der Waals surface area contributed by atoms with Crippen molar-refractivity contribution >= 4 is 11.4 Å². The van der Waals surface area contributed by atoms with Crippen LogP contribution in [-0.4, -0.2) is 23.1 Å². The number of hydrogen-bond donors (Lipinski definition) is 1. The van der Waals surface area contributed by atoms with Crippen molar-refractivity contribution < 1.29 is 14.6 Å². The number of allylic oxidation sites excluding steroid dienone is 2. The van der Waals surface area contributed by atoms with E-state index in [1.807, 2.05) is 26.8 Å². The van der Waals surface area contributed by atoms with E-state index < -0.39 is 5.60 Å². The lowest BCUT2D eigenvalue weighted by Crippen LogP contribution is -2.43. The second kappa shape index (κ2) is 5.50. The highest BCUT2D eigenvalue weighted by Crippen LogP contribution is 2.50. The van der Waals surface area contributed by atoms with Gasteiger partial charge >= 0.3 is 0 Å². The number of rotatable bonds is 3. The molecule has 0 aromatic heterocycles. The second-order valence-corrected chi connectivity index (χ2v) is 6.16. The van der Waals surface area contributed by atoms with Gasteiger partial charge in [0, 0.05) is 12.2 Å². The lowest BCUT2D eigenvalue weighted by atomic mass is 9.67. The molecule has 2 aliphatic carbocycles. The average molecular weight is 310 g/mol. The summed E-state index contributed by atoms with van der Waals surface area (Å²) in [7, 11) is 0. The van der Waals surface area contributed by atoms with Crippen LogP contribution in [0.2, 0.25) is 0 Å². The number of fused-ring (bicyclic) bond motifs is 3. The molecule has 0 bridgehead atoms. The summed E-state index contributed by atoms with van der Waals surface area (Å²) < 4.78 is 6.21. The number of benzene rings is 1. The molecule has 1 aromatic carbocycles. The first kappa shape index (κ1) is 15.8. The standard InChI is InChI=1S/C20H22O3/c1-5-16-13(4)19(22)11-17-15-7-8-18(21)12(3)14(15)9-10-20(16,17)23-6-2/h5,7-8,11,21H,1,6,9-10H2,2-4H3/t20-/m1/s1. The number of carbonyl (C=O) groups is 1. The summed E-state index contributed by atoms with van der Waals surface area (Å²) in [5.41, 5.74) is 4.85. The molecule has 0 unspecified atom stereocenters. The number of ether oxygens (including phenoxy) is 1. The Balaban J connectivity index is 2.29. The minimum atomic E-state index is -0.606. The molecule has 3 heteroatoms. The minimum absolute atomic E-state index is 0.00352. The summed E-state index contributed by atoms with van der Waals surface area (Å²) in [6, 6.07) is 3.59. The highest BCUT2D eigenvalue weighted by atomic mass is 16.5. The quantitative estimate of drug-likeness (QED) is 0.921. The van der Waals surface area contributed by atoms with Crippen molar-refractivity contribution in [1.82, 2.24) is 0 Å². The Morgan fingerprint density at radius 2 is 2.13 bits per heavy atom. The molecular weight excluding hydrogens is 288 g/mol. The number of hydrogen-bond acceptors (Lipinski definition) is 3. The molecule has 0 radical (unpaired) electrons. The number of carbonyl (C=O) groups excluding carboxylic acids is 1. The maximum atomic E-state index is 12.4. The van der Waals surface area contributed by atoms with Crippen LogP contribution in [0.3, 0.4) is 0 Å². The zero-order chi connectivity index (χ0) is 16.8. The highest BCUT2D eigenvalue weighted by Gasteiger charge is 2.46. The minimum Gasteiger partial charge on any atom is -0.508 e. The van der Waals surface area contributed by atoms with Crippen molar-refractivity contribution in [1.29, 1.82) is 0 Å². The number of ketones is 1. The van der Waals surface area contributed by atoms with Crippen LogP contribution in [0.15, 0.2) is 42.0 Å². The maximum absolute atomic E-state index is 12.4. The fraction of sp³-hybridized carbons (Fsp3) is 0.350. The van der Waals surface area contributed by atoms with Gasteiger partial charge < -0.3 is 9.84 Å². The Morgan fingerprint density at radius 3 is 2.78 bits per heavy atom.